The largest absolute Gasteiger partial charge is 0.467 e. The molecule has 5 rings (SSSR count). The molecular weight excluding hydrogens is 453 g/mol. The summed E-state index contributed by atoms with van der Waals surface area (Å²) >= 11 is 12.1. The number of ether oxygens (including phenoxy) is 1. The first-order chi connectivity index (χ1) is 15.5. The molecule has 3 aromatic heterocycles. The summed E-state index contributed by atoms with van der Waals surface area (Å²) in [4.78, 5) is 21.2. The number of methoxy groups -OCH3 is 1. The van der Waals surface area contributed by atoms with Crippen LogP contribution in [0.1, 0.15) is 5.56 Å². The van der Waals surface area contributed by atoms with Crippen molar-refractivity contribution in [1.29, 1.82) is 0 Å². The van der Waals surface area contributed by atoms with Crippen LogP contribution in [-0.2, 0) is 6.54 Å². The number of benzene rings is 2. The highest BCUT2D eigenvalue weighted by atomic mass is 35.5. The highest BCUT2D eigenvalue weighted by Crippen LogP contribution is 2.24. The molecule has 0 N–H and O–H groups in total. The third-order valence-corrected chi connectivity index (χ3v) is 5.62. The van der Waals surface area contributed by atoms with Gasteiger partial charge in [0.1, 0.15) is 12.0 Å². The van der Waals surface area contributed by atoms with Crippen LogP contribution >= 0.6 is 23.2 Å². The SMILES string of the molecule is COc1nn(-c2ccc3nn(-c4cncnc4)cc3c2)c(=O)n1Cc1ccc(Cl)c(Cl)c1. The zero-order valence-corrected chi connectivity index (χ0v) is 18.2. The Bertz CT molecular complexity index is 1490. The highest BCUT2D eigenvalue weighted by molar-refractivity contribution is 6.42. The van der Waals surface area contributed by atoms with E-state index < -0.39 is 0 Å². The lowest BCUT2D eigenvalue weighted by Crippen LogP contribution is -2.24. The van der Waals surface area contributed by atoms with Crippen LogP contribution in [-0.4, -0.2) is 41.2 Å². The van der Waals surface area contributed by atoms with Crippen molar-refractivity contribution in [2.24, 2.45) is 0 Å². The fraction of sp³-hybridized carbons (Fsp3) is 0.0952. The molecule has 0 aliphatic rings. The summed E-state index contributed by atoms with van der Waals surface area (Å²) in [6, 6.07) is 10.8. The van der Waals surface area contributed by atoms with E-state index in [-0.39, 0.29) is 18.2 Å². The van der Waals surface area contributed by atoms with Crippen molar-refractivity contribution in [2.45, 2.75) is 6.54 Å². The Balaban J connectivity index is 1.54. The fourth-order valence-corrected chi connectivity index (χ4v) is 3.66. The first-order valence-electron chi connectivity index (χ1n) is 9.46. The number of aromatic nitrogens is 7. The number of rotatable bonds is 5. The summed E-state index contributed by atoms with van der Waals surface area (Å²) in [7, 11) is 1.46. The molecule has 0 unspecified atom stereocenters. The molecule has 0 atom stereocenters. The molecule has 0 fully saturated rings. The topological polar surface area (TPSA) is 92.7 Å². The first kappa shape index (κ1) is 20.2. The van der Waals surface area contributed by atoms with Crippen LogP contribution in [0.15, 0.2) is 66.1 Å². The van der Waals surface area contributed by atoms with Gasteiger partial charge in [-0.05, 0) is 35.9 Å². The molecule has 0 saturated heterocycles. The summed E-state index contributed by atoms with van der Waals surface area (Å²) in [5, 5.41) is 10.6. The minimum Gasteiger partial charge on any atom is -0.467 e. The summed E-state index contributed by atoms with van der Waals surface area (Å²) in [6.07, 6.45) is 6.63. The number of nitrogens with zero attached hydrogens (tertiary/aromatic N) is 7. The van der Waals surface area contributed by atoms with E-state index in [1.165, 1.54) is 22.7 Å². The standard InChI is InChI=1S/C21H15Cl2N7O2/c1-32-20-27-30(21(31)28(20)10-13-2-4-17(22)18(23)6-13)15-3-5-19-14(7-15)11-29(26-19)16-8-24-12-25-9-16/h2-9,11-12H,10H2,1H3. The van der Waals surface area contributed by atoms with Crippen LogP contribution in [0.5, 0.6) is 6.01 Å². The second-order valence-corrected chi connectivity index (χ2v) is 7.74. The van der Waals surface area contributed by atoms with E-state index >= 15 is 0 Å². The molecule has 9 nitrogen and oxygen atoms in total. The molecule has 32 heavy (non-hydrogen) atoms. The molecule has 0 aliphatic heterocycles. The van der Waals surface area contributed by atoms with Crippen LogP contribution in [0.2, 0.25) is 10.0 Å². The lowest BCUT2D eigenvalue weighted by molar-refractivity contribution is 0.357. The summed E-state index contributed by atoms with van der Waals surface area (Å²) in [5.41, 5.74) is 2.51. The van der Waals surface area contributed by atoms with E-state index in [0.29, 0.717) is 15.7 Å². The molecule has 0 radical (unpaired) electrons. The lowest BCUT2D eigenvalue weighted by Gasteiger charge is -2.05. The smallest absolute Gasteiger partial charge is 0.353 e. The molecule has 0 amide bonds. The van der Waals surface area contributed by atoms with Gasteiger partial charge in [-0.3, -0.25) is 0 Å². The Hall–Kier alpha value is -3.69. The quantitative estimate of drug-likeness (QED) is 0.392. The minimum absolute atomic E-state index is 0.179. The third kappa shape index (κ3) is 3.61. The minimum atomic E-state index is -0.351. The van der Waals surface area contributed by atoms with Gasteiger partial charge < -0.3 is 4.74 Å². The average Bonchev–Trinajstić information content (AvgIpc) is 3.37. The van der Waals surface area contributed by atoms with Gasteiger partial charge in [0.05, 0.1) is 47.3 Å². The number of fused-ring (bicyclic) bond motifs is 1. The Kier molecular flexibility index (Phi) is 5.12. The van der Waals surface area contributed by atoms with Gasteiger partial charge in [-0.1, -0.05) is 29.3 Å². The number of halogens is 2. The third-order valence-electron chi connectivity index (χ3n) is 4.88. The van der Waals surface area contributed by atoms with Gasteiger partial charge in [0.15, 0.2) is 0 Å². The first-order valence-corrected chi connectivity index (χ1v) is 10.2. The van der Waals surface area contributed by atoms with Gasteiger partial charge in [0, 0.05) is 11.6 Å². The molecule has 0 aliphatic carbocycles. The maximum absolute atomic E-state index is 13.2. The van der Waals surface area contributed by atoms with Gasteiger partial charge >= 0.3 is 11.7 Å². The van der Waals surface area contributed by atoms with E-state index in [4.69, 9.17) is 27.9 Å². The van der Waals surface area contributed by atoms with E-state index in [0.717, 1.165) is 22.2 Å². The molecule has 0 saturated carbocycles. The summed E-state index contributed by atoms with van der Waals surface area (Å²) in [5.74, 6) is 0. The second kappa shape index (κ2) is 8.10. The van der Waals surface area contributed by atoms with Gasteiger partial charge in [-0.2, -0.15) is 9.78 Å². The predicted octanol–water partition coefficient (Wildman–Crippen LogP) is 3.53. The molecule has 0 bridgehead atoms. The van der Waals surface area contributed by atoms with Crippen molar-refractivity contribution in [3.05, 3.63) is 87.4 Å². The average molecular weight is 468 g/mol. The second-order valence-electron chi connectivity index (χ2n) is 6.93. The van der Waals surface area contributed by atoms with Gasteiger partial charge in [-0.25, -0.2) is 24.0 Å². The van der Waals surface area contributed by atoms with Crippen molar-refractivity contribution in [3.8, 4) is 17.4 Å². The van der Waals surface area contributed by atoms with Gasteiger partial charge in [-0.15, -0.1) is 5.10 Å². The van der Waals surface area contributed by atoms with Gasteiger partial charge in [0.25, 0.3) is 0 Å². The predicted molar refractivity (Wildman–Crippen MR) is 120 cm³/mol. The Labute approximate surface area is 191 Å². The van der Waals surface area contributed by atoms with Gasteiger partial charge in [0.2, 0.25) is 0 Å². The van der Waals surface area contributed by atoms with E-state index in [1.807, 2.05) is 18.3 Å². The monoisotopic (exact) mass is 467 g/mol. The Morgan fingerprint density at radius 3 is 2.53 bits per heavy atom. The summed E-state index contributed by atoms with van der Waals surface area (Å²) < 4.78 is 9.74. The maximum atomic E-state index is 13.2. The molecule has 0 spiro atoms. The van der Waals surface area contributed by atoms with Crippen molar-refractivity contribution in [2.75, 3.05) is 7.11 Å². The van der Waals surface area contributed by atoms with E-state index in [1.54, 1.807) is 41.3 Å². The van der Waals surface area contributed by atoms with E-state index in [2.05, 4.69) is 20.2 Å². The highest BCUT2D eigenvalue weighted by Gasteiger charge is 2.17. The molecule has 11 heteroatoms. The van der Waals surface area contributed by atoms with E-state index in [9.17, 15) is 4.79 Å². The van der Waals surface area contributed by atoms with Crippen molar-refractivity contribution in [3.63, 3.8) is 0 Å². The molecule has 2 aromatic carbocycles. The van der Waals surface area contributed by atoms with Crippen LogP contribution in [0.25, 0.3) is 22.3 Å². The zero-order chi connectivity index (χ0) is 22.2. The number of hydrogen-bond acceptors (Lipinski definition) is 6. The zero-order valence-electron chi connectivity index (χ0n) is 16.7. The summed E-state index contributed by atoms with van der Waals surface area (Å²) in [6.45, 7) is 0.229. The fourth-order valence-electron chi connectivity index (χ4n) is 3.34. The van der Waals surface area contributed by atoms with Crippen molar-refractivity contribution >= 4 is 34.1 Å². The van der Waals surface area contributed by atoms with Crippen LogP contribution in [0.4, 0.5) is 0 Å². The molecule has 160 valence electrons. The molecule has 3 heterocycles. The normalized spacial score (nSPS) is 11.2. The van der Waals surface area contributed by atoms with Crippen molar-refractivity contribution < 1.29 is 4.74 Å². The van der Waals surface area contributed by atoms with Crippen LogP contribution < -0.4 is 10.4 Å². The molecule has 5 aromatic rings. The molecular formula is C21H15Cl2N7O2. The Morgan fingerprint density at radius 1 is 0.969 bits per heavy atom. The Morgan fingerprint density at radius 2 is 1.78 bits per heavy atom. The number of hydrogen-bond donors (Lipinski definition) is 0. The van der Waals surface area contributed by atoms with Crippen molar-refractivity contribution in [1.82, 2.24) is 34.1 Å². The maximum Gasteiger partial charge on any atom is 0.353 e. The van der Waals surface area contributed by atoms with Crippen LogP contribution in [0, 0.1) is 0 Å². The van der Waals surface area contributed by atoms with Crippen LogP contribution in [0.3, 0.4) is 0 Å². The lowest BCUT2D eigenvalue weighted by atomic mass is 10.2.